The zero-order chi connectivity index (χ0) is 13.0. The average molecular weight is 243 g/mol. The fourth-order valence-electron chi connectivity index (χ4n) is 1.24. The van der Waals surface area contributed by atoms with Gasteiger partial charge in [-0.25, -0.2) is 8.78 Å². The van der Waals surface area contributed by atoms with E-state index in [-0.39, 0.29) is 12.5 Å². The van der Waals surface area contributed by atoms with Gasteiger partial charge in [0.05, 0.1) is 6.10 Å². The largest absolute Gasteiger partial charge is 0.391 e. The molecule has 0 aliphatic rings. The van der Waals surface area contributed by atoms with Crippen molar-refractivity contribution >= 4 is 5.91 Å². The summed E-state index contributed by atoms with van der Waals surface area (Å²) in [7, 11) is 0. The van der Waals surface area contributed by atoms with Gasteiger partial charge in [0.15, 0.2) is 0 Å². The lowest BCUT2D eigenvalue weighted by Crippen LogP contribution is -2.35. The maximum Gasteiger partial charge on any atom is 0.257 e. The Hall–Kier alpha value is -1.49. The Morgan fingerprint density at radius 1 is 1.35 bits per heavy atom. The molecule has 17 heavy (non-hydrogen) atoms. The van der Waals surface area contributed by atoms with Crippen LogP contribution in [0.3, 0.4) is 0 Å². The first-order chi connectivity index (χ1) is 7.93. The second kappa shape index (κ2) is 5.72. The predicted molar refractivity (Wildman–Crippen MR) is 59.5 cm³/mol. The van der Waals surface area contributed by atoms with Crippen LogP contribution in [0, 0.1) is 17.6 Å². The van der Waals surface area contributed by atoms with Crippen LogP contribution in [0.4, 0.5) is 8.78 Å². The topological polar surface area (TPSA) is 49.3 Å². The van der Waals surface area contributed by atoms with Crippen LogP contribution in [-0.4, -0.2) is 23.7 Å². The van der Waals surface area contributed by atoms with Crippen molar-refractivity contribution < 1.29 is 18.7 Å². The number of carbonyl (C=O) groups is 1. The van der Waals surface area contributed by atoms with Crippen LogP contribution < -0.4 is 5.32 Å². The Morgan fingerprint density at radius 2 is 1.88 bits per heavy atom. The van der Waals surface area contributed by atoms with E-state index in [4.69, 9.17) is 0 Å². The summed E-state index contributed by atoms with van der Waals surface area (Å²) in [6, 6.07) is 3.21. The van der Waals surface area contributed by atoms with Gasteiger partial charge >= 0.3 is 0 Å². The molecule has 1 rings (SSSR count). The number of nitrogens with one attached hydrogen (secondary N) is 1. The van der Waals surface area contributed by atoms with Crippen LogP contribution in [0.25, 0.3) is 0 Å². The van der Waals surface area contributed by atoms with Crippen molar-refractivity contribution in [1.82, 2.24) is 5.32 Å². The molecule has 2 N–H and O–H groups in total. The van der Waals surface area contributed by atoms with Crippen LogP contribution in [-0.2, 0) is 0 Å². The standard InChI is InChI=1S/C12H15F2NO2/c1-7(2)10(16)6-15-12(17)11-8(13)4-3-5-9(11)14/h3-5,7,10,16H,6H2,1-2H3,(H,15,17). The molecule has 0 aliphatic heterocycles. The predicted octanol–water partition coefficient (Wildman–Crippen LogP) is 1.71. The first-order valence-electron chi connectivity index (χ1n) is 5.33. The van der Waals surface area contributed by atoms with E-state index in [2.05, 4.69) is 5.32 Å². The molecule has 0 heterocycles. The second-order valence-electron chi connectivity index (χ2n) is 4.12. The number of aliphatic hydroxyl groups is 1. The summed E-state index contributed by atoms with van der Waals surface area (Å²) in [4.78, 5) is 11.5. The van der Waals surface area contributed by atoms with Crippen molar-refractivity contribution in [3.8, 4) is 0 Å². The van der Waals surface area contributed by atoms with E-state index in [1.165, 1.54) is 6.07 Å². The minimum Gasteiger partial charge on any atom is -0.391 e. The lowest BCUT2D eigenvalue weighted by molar-refractivity contribution is 0.0864. The summed E-state index contributed by atoms with van der Waals surface area (Å²) < 4.78 is 26.4. The summed E-state index contributed by atoms with van der Waals surface area (Å²) in [6.07, 6.45) is -0.742. The van der Waals surface area contributed by atoms with Crippen molar-refractivity contribution in [3.05, 3.63) is 35.4 Å². The fraction of sp³-hybridized carbons (Fsp3) is 0.417. The summed E-state index contributed by atoms with van der Waals surface area (Å²) >= 11 is 0. The van der Waals surface area contributed by atoms with E-state index in [0.29, 0.717) is 0 Å². The molecular formula is C12H15F2NO2. The van der Waals surface area contributed by atoms with E-state index >= 15 is 0 Å². The third-order valence-corrected chi connectivity index (χ3v) is 2.43. The Kier molecular flexibility index (Phi) is 4.57. The molecule has 1 aromatic rings. The Morgan fingerprint density at radius 3 is 2.35 bits per heavy atom. The highest BCUT2D eigenvalue weighted by Gasteiger charge is 2.18. The van der Waals surface area contributed by atoms with Gasteiger partial charge in [-0.2, -0.15) is 0 Å². The average Bonchev–Trinajstić information content (AvgIpc) is 2.25. The van der Waals surface area contributed by atoms with Crippen molar-refractivity contribution in [3.63, 3.8) is 0 Å². The van der Waals surface area contributed by atoms with Gasteiger partial charge in [0.2, 0.25) is 0 Å². The zero-order valence-electron chi connectivity index (χ0n) is 9.71. The van der Waals surface area contributed by atoms with Gasteiger partial charge in [0, 0.05) is 6.54 Å². The molecule has 1 unspecified atom stereocenters. The molecule has 0 aliphatic carbocycles. The van der Waals surface area contributed by atoms with Crippen molar-refractivity contribution in [2.75, 3.05) is 6.54 Å². The molecule has 1 atom stereocenters. The van der Waals surface area contributed by atoms with Crippen molar-refractivity contribution in [1.29, 1.82) is 0 Å². The molecule has 0 saturated heterocycles. The summed E-state index contributed by atoms with van der Waals surface area (Å²) in [5.74, 6) is -2.73. The first-order valence-corrected chi connectivity index (χ1v) is 5.33. The summed E-state index contributed by atoms with van der Waals surface area (Å²) in [5.41, 5.74) is -0.622. The molecular weight excluding hydrogens is 228 g/mol. The van der Waals surface area contributed by atoms with Gasteiger partial charge in [-0.05, 0) is 18.1 Å². The zero-order valence-corrected chi connectivity index (χ0v) is 9.71. The monoisotopic (exact) mass is 243 g/mol. The maximum atomic E-state index is 13.2. The number of aliphatic hydroxyl groups excluding tert-OH is 1. The van der Waals surface area contributed by atoms with Crippen LogP contribution in [0.1, 0.15) is 24.2 Å². The molecule has 0 aromatic heterocycles. The lowest BCUT2D eigenvalue weighted by atomic mass is 10.1. The molecule has 0 fully saturated rings. The van der Waals surface area contributed by atoms with Gasteiger partial charge in [-0.1, -0.05) is 19.9 Å². The molecule has 0 spiro atoms. The van der Waals surface area contributed by atoms with Crippen molar-refractivity contribution in [2.24, 2.45) is 5.92 Å². The molecule has 1 amide bonds. The number of hydrogen-bond donors (Lipinski definition) is 2. The van der Waals surface area contributed by atoms with Gasteiger partial charge in [0.25, 0.3) is 5.91 Å². The third kappa shape index (κ3) is 3.49. The quantitative estimate of drug-likeness (QED) is 0.845. The van der Waals surface area contributed by atoms with Gasteiger partial charge in [-0.3, -0.25) is 4.79 Å². The maximum absolute atomic E-state index is 13.2. The summed E-state index contributed by atoms with van der Waals surface area (Å²) in [5, 5.41) is 11.8. The normalized spacial score (nSPS) is 12.6. The van der Waals surface area contributed by atoms with E-state index in [9.17, 15) is 18.7 Å². The highest BCUT2D eigenvalue weighted by Crippen LogP contribution is 2.11. The molecule has 94 valence electrons. The van der Waals surface area contributed by atoms with Crippen LogP contribution in [0.5, 0.6) is 0 Å². The number of halogens is 2. The number of benzene rings is 1. The smallest absolute Gasteiger partial charge is 0.257 e. The van der Waals surface area contributed by atoms with Gasteiger partial charge in [0.1, 0.15) is 17.2 Å². The van der Waals surface area contributed by atoms with E-state index in [1.807, 2.05) is 0 Å². The Balaban J connectivity index is 2.71. The summed E-state index contributed by atoms with van der Waals surface area (Å²) in [6.45, 7) is 3.52. The minimum absolute atomic E-state index is 0.0374. The number of carbonyl (C=O) groups excluding carboxylic acids is 1. The van der Waals surface area contributed by atoms with E-state index in [0.717, 1.165) is 12.1 Å². The molecule has 5 heteroatoms. The van der Waals surface area contributed by atoms with Crippen molar-refractivity contribution in [2.45, 2.75) is 20.0 Å². The van der Waals surface area contributed by atoms with Gasteiger partial charge in [-0.15, -0.1) is 0 Å². The Labute approximate surface area is 98.5 Å². The highest BCUT2D eigenvalue weighted by atomic mass is 19.1. The SMILES string of the molecule is CC(C)C(O)CNC(=O)c1c(F)cccc1F. The lowest BCUT2D eigenvalue weighted by Gasteiger charge is -2.15. The third-order valence-electron chi connectivity index (χ3n) is 2.43. The first kappa shape index (κ1) is 13.6. The van der Waals surface area contributed by atoms with Crippen LogP contribution >= 0.6 is 0 Å². The number of amides is 1. The molecule has 3 nitrogen and oxygen atoms in total. The fourth-order valence-corrected chi connectivity index (χ4v) is 1.24. The molecule has 0 bridgehead atoms. The Bertz CT molecular complexity index is 387. The molecule has 0 radical (unpaired) electrons. The number of hydrogen-bond acceptors (Lipinski definition) is 2. The number of rotatable bonds is 4. The second-order valence-corrected chi connectivity index (χ2v) is 4.12. The minimum atomic E-state index is -0.915. The molecule has 1 aromatic carbocycles. The van der Waals surface area contributed by atoms with E-state index in [1.54, 1.807) is 13.8 Å². The van der Waals surface area contributed by atoms with Crippen LogP contribution in [0.15, 0.2) is 18.2 Å². The van der Waals surface area contributed by atoms with Crippen LogP contribution in [0.2, 0.25) is 0 Å². The molecule has 0 saturated carbocycles. The van der Waals surface area contributed by atoms with E-state index < -0.39 is 29.2 Å². The highest BCUT2D eigenvalue weighted by molar-refractivity contribution is 5.94. The van der Waals surface area contributed by atoms with Gasteiger partial charge < -0.3 is 10.4 Å².